The molecule has 24 heavy (non-hydrogen) atoms. The highest BCUT2D eigenvalue weighted by molar-refractivity contribution is 6.12. The van der Waals surface area contributed by atoms with E-state index < -0.39 is 0 Å². The molecular formula is C17H15N5O2. The van der Waals surface area contributed by atoms with Crippen LogP contribution in [0.5, 0.6) is 0 Å². The molecule has 1 aliphatic carbocycles. The van der Waals surface area contributed by atoms with Crippen molar-refractivity contribution in [3.05, 3.63) is 48.3 Å². The van der Waals surface area contributed by atoms with Gasteiger partial charge >= 0.3 is 0 Å². The Balaban J connectivity index is 1.72. The van der Waals surface area contributed by atoms with Gasteiger partial charge in [-0.3, -0.25) is 14.9 Å². The van der Waals surface area contributed by atoms with Gasteiger partial charge in [-0.1, -0.05) is 24.3 Å². The largest absolute Gasteiger partial charge is 0.325 e. The molecule has 7 nitrogen and oxygen atoms in total. The first-order valence-electron chi connectivity index (χ1n) is 7.71. The number of fused-ring (bicyclic) bond motifs is 1. The predicted octanol–water partition coefficient (Wildman–Crippen LogP) is 2.56. The summed E-state index contributed by atoms with van der Waals surface area (Å²) in [4.78, 5) is 28.6. The maximum atomic E-state index is 12.6. The molecule has 1 saturated carbocycles. The summed E-state index contributed by atoms with van der Waals surface area (Å²) in [5, 5.41) is 13.7. The highest BCUT2D eigenvalue weighted by Gasteiger charge is 2.30. The number of aromatic amines is 1. The summed E-state index contributed by atoms with van der Waals surface area (Å²) >= 11 is 0. The lowest BCUT2D eigenvalue weighted by Gasteiger charge is -2.12. The first-order chi connectivity index (χ1) is 11.7. The number of carbonyl (C=O) groups excluding carboxylic acids is 2. The van der Waals surface area contributed by atoms with Crippen LogP contribution in [-0.2, 0) is 4.79 Å². The lowest BCUT2D eigenvalue weighted by Crippen LogP contribution is -2.19. The van der Waals surface area contributed by atoms with Gasteiger partial charge in [-0.15, -0.1) is 0 Å². The molecule has 120 valence electrons. The third-order valence-corrected chi connectivity index (χ3v) is 3.98. The van der Waals surface area contributed by atoms with Gasteiger partial charge in [-0.2, -0.15) is 10.1 Å². The highest BCUT2D eigenvalue weighted by Crippen LogP contribution is 2.32. The Morgan fingerprint density at radius 2 is 1.83 bits per heavy atom. The van der Waals surface area contributed by atoms with Crippen molar-refractivity contribution in [1.82, 2.24) is 15.2 Å². The SMILES string of the molecule is O=C(Nc1ncn[nH]1)c1cc2ccccc2cc1NC(=O)C1CC1. The Bertz CT molecular complexity index is 916. The van der Waals surface area contributed by atoms with Gasteiger partial charge < -0.3 is 5.32 Å². The van der Waals surface area contributed by atoms with Crippen molar-refractivity contribution in [3.63, 3.8) is 0 Å². The Morgan fingerprint density at radius 1 is 1.08 bits per heavy atom. The van der Waals surface area contributed by atoms with Gasteiger partial charge in [0.15, 0.2) is 0 Å². The topological polar surface area (TPSA) is 99.8 Å². The van der Waals surface area contributed by atoms with Gasteiger partial charge in [0.25, 0.3) is 5.91 Å². The van der Waals surface area contributed by atoms with Crippen molar-refractivity contribution >= 4 is 34.2 Å². The van der Waals surface area contributed by atoms with E-state index in [0.717, 1.165) is 23.6 Å². The first-order valence-corrected chi connectivity index (χ1v) is 7.71. The molecule has 0 unspecified atom stereocenters. The fraction of sp³-hybridized carbons (Fsp3) is 0.176. The van der Waals surface area contributed by atoms with E-state index in [2.05, 4.69) is 25.8 Å². The highest BCUT2D eigenvalue weighted by atomic mass is 16.2. The fourth-order valence-corrected chi connectivity index (χ4v) is 2.55. The van der Waals surface area contributed by atoms with Crippen molar-refractivity contribution in [2.24, 2.45) is 5.92 Å². The van der Waals surface area contributed by atoms with E-state index in [1.807, 2.05) is 30.3 Å². The number of carbonyl (C=O) groups is 2. The van der Waals surface area contributed by atoms with Crippen LogP contribution in [0.4, 0.5) is 11.6 Å². The molecule has 1 heterocycles. The Morgan fingerprint density at radius 3 is 2.50 bits per heavy atom. The fourth-order valence-electron chi connectivity index (χ4n) is 2.55. The third-order valence-electron chi connectivity index (χ3n) is 3.98. The van der Waals surface area contributed by atoms with Gasteiger partial charge in [0.1, 0.15) is 6.33 Å². The average Bonchev–Trinajstić information content (AvgIpc) is 3.32. The molecular weight excluding hydrogens is 306 g/mol. The molecule has 3 N–H and O–H groups in total. The number of rotatable bonds is 4. The number of H-pyrrole nitrogens is 1. The van der Waals surface area contributed by atoms with Gasteiger partial charge in [0, 0.05) is 5.92 Å². The maximum absolute atomic E-state index is 12.6. The van der Waals surface area contributed by atoms with Crippen LogP contribution in [0.25, 0.3) is 10.8 Å². The quantitative estimate of drug-likeness (QED) is 0.687. The molecule has 0 saturated heterocycles. The standard InChI is InChI=1S/C17H15N5O2/c23-15(10-5-6-10)20-14-8-12-4-2-1-3-11(12)7-13(14)16(24)21-17-18-9-19-22-17/h1-4,7-10H,5-6H2,(H,20,23)(H2,18,19,21,22,24). The normalized spacial score (nSPS) is 13.7. The van der Waals surface area contributed by atoms with E-state index in [-0.39, 0.29) is 23.7 Å². The minimum absolute atomic E-state index is 0.0426. The Labute approximate surface area is 137 Å². The van der Waals surface area contributed by atoms with Gasteiger partial charge in [-0.05, 0) is 35.7 Å². The third kappa shape index (κ3) is 2.83. The summed E-state index contributed by atoms with van der Waals surface area (Å²) in [5.41, 5.74) is 0.890. The summed E-state index contributed by atoms with van der Waals surface area (Å²) in [6, 6.07) is 11.3. The Kier molecular flexibility index (Phi) is 3.45. The molecule has 2 aromatic carbocycles. The van der Waals surface area contributed by atoms with Gasteiger partial charge in [0.05, 0.1) is 11.3 Å². The summed E-state index contributed by atoms with van der Waals surface area (Å²) in [5.74, 6) is -0.0862. The number of benzene rings is 2. The van der Waals surface area contributed by atoms with Crippen LogP contribution < -0.4 is 10.6 Å². The summed E-state index contributed by atoms with van der Waals surface area (Å²) < 4.78 is 0. The zero-order chi connectivity index (χ0) is 16.5. The minimum atomic E-state index is -0.358. The second kappa shape index (κ2) is 5.77. The van der Waals surface area contributed by atoms with Crippen molar-refractivity contribution in [3.8, 4) is 0 Å². The van der Waals surface area contributed by atoms with Crippen molar-refractivity contribution < 1.29 is 9.59 Å². The van der Waals surface area contributed by atoms with Gasteiger partial charge in [0.2, 0.25) is 11.9 Å². The van der Waals surface area contributed by atoms with Crippen LogP contribution in [-0.4, -0.2) is 27.0 Å². The van der Waals surface area contributed by atoms with Crippen LogP contribution in [0.1, 0.15) is 23.2 Å². The summed E-state index contributed by atoms with van der Waals surface area (Å²) in [6.45, 7) is 0. The van der Waals surface area contributed by atoms with Crippen LogP contribution in [0.2, 0.25) is 0 Å². The average molecular weight is 321 g/mol. The minimum Gasteiger partial charge on any atom is -0.325 e. The molecule has 0 bridgehead atoms. The van der Waals surface area contributed by atoms with E-state index in [9.17, 15) is 9.59 Å². The summed E-state index contributed by atoms with van der Waals surface area (Å²) in [7, 11) is 0. The molecule has 1 aromatic heterocycles. The van der Waals surface area contributed by atoms with Crippen LogP contribution >= 0.6 is 0 Å². The first kappa shape index (κ1) is 14.4. The monoisotopic (exact) mass is 321 g/mol. The zero-order valence-corrected chi connectivity index (χ0v) is 12.7. The van der Waals surface area contributed by atoms with E-state index >= 15 is 0 Å². The molecule has 0 atom stereocenters. The molecule has 0 radical (unpaired) electrons. The van der Waals surface area contributed by atoms with Crippen LogP contribution in [0, 0.1) is 5.92 Å². The Hall–Kier alpha value is -3.22. The second-order valence-electron chi connectivity index (χ2n) is 5.80. The number of nitrogens with zero attached hydrogens (tertiary/aromatic N) is 2. The molecule has 1 fully saturated rings. The van der Waals surface area contributed by atoms with Crippen molar-refractivity contribution in [2.45, 2.75) is 12.8 Å². The van der Waals surface area contributed by atoms with Gasteiger partial charge in [-0.25, -0.2) is 5.10 Å². The van der Waals surface area contributed by atoms with E-state index in [1.165, 1.54) is 6.33 Å². The molecule has 0 aliphatic heterocycles. The summed E-state index contributed by atoms with van der Waals surface area (Å²) in [6.07, 6.45) is 3.11. The van der Waals surface area contributed by atoms with E-state index in [1.54, 1.807) is 6.07 Å². The lowest BCUT2D eigenvalue weighted by atomic mass is 10.0. The second-order valence-corrected chi connectivity index (χ2v) is 5.80. The smallest absolute Gasteiger partial charge is 0.260 e. The van der Waals surface area contributed by atoms with E-state index in [0.29, 0.717) is 11.3 Å². The van der Waals surface area contributed by atoms with Crippen LogP contribution in [0.3, 0.4) is 0 Å². The van der Waals surface area contributed by atoms with Crippen molar-refractivity contribution in [1.29, 1.82) is 0 Å². The predicted molar refractivity (Wildman–Crippen MR) is 89.6 cm³/mol. The van der Waals surface area contributed by atoms with E-state index in [4.69, 9.17) is 0 Å². The zero-order valence-electron chi connectivity index (χ0n) is 12.7. The molecule has 1 aliphatic rings. The van der Waals surface area contributed by atoms with Crippen LogP contribution in [0.15, 0.2) is 42.7 Å². The lowest BCUT2D eigenvalue weighted by molar-refractivity contribution is -0.117. The van der Waals surface area contributed by atoms with Crippen molar-refractivity contribution in [2.75, 3.05) is 10.6 Å². The maximum Gasteiger partial charge on any atom is 0.260 e. The molecule has 7 heteroatoms. The number of hydrogen-bond donors (Lipinski definition) is 3. The molecule has 4 rings (SSSR count). The number of hydrogen-bond acceptors (Lipinski definition) is 4. The number of nitrogens with one attached hydrogen (secondary N) is 3. The number of aromatic nitrogens is 3. The molecule has 2 amide bonds. The number of amides is 2. The molecule has 0 spiro atoms. The molecule has 3 aromatic rings. The number of anilines is 2.